The van der Waals surface area contributed by atoms with Crippen molar-refractivity contribution in [3.8, 4) is 0 Å². The number of rotatable bonds is 5. The first-order valence-electron chi connectivity index (χ1n) is 9.89. The number of para-hydroxylation sites is 1. The van der Waals surface area contributed by atoms with Gasteiger partial charge in [0.05, 0.1) is 5.41 Å². The summed E-state index contributed by atoms with van der Waals surface area (Å²) in [6.45, 7) is 11.1. The number of benzene rings is 2. The monoisotopic (exact) mass is 430 g/mol. The van der Waals surface area contributed by atoms with Crippen molar-refractivity contribution in [3.05, 3.63) is 65.7 Å². The lowest BCUT2D eigenvalue weighted by atomic mass is 9.81. The van der Waals surface area contributed by atoms with E-state index in [4.69, 9.17) is 17.5 Å². The van der Waals surface area contributed by atoms with E-state index in [-0.39, 0.29) is 6.84 Å². The smallest absolute Gasteiger partial charge is 0.759 e. The summed E-state index contributed by atoms with van der Waals surface area (Å²) in [6.07, 6.45) is 4.50. The third-order valence-corrected chi connectivity index (χ3v) is 5.40. The summed E-state index contributed by atoms with van der Waals surface area (Å²) in [5.74, 6) is 0. The summed E-state index contributed by atoms with van der Waals surface area (Å²) in [5, 5.41) is 0. The number of nitrogens with zero attached hydrogens (tertiary/aromatic N) is 2. The molecule has 0 radical (unpaired) electrons. The molecule has 7 heteroatoms. The van der Waals surface area contributed by atoms with Gasteiger partial charge in [-0.1, -0.05) is 30.3 Å². The molecule has 0 aromatic heterocycles. The number of allylic oxidation sites excluding steroid dienone is 1. The molecule has 30 heavy (non-hydrogen) atoms. The van der Waals surface area contributed by atoms with Crippen LogP contribution >= 0.6 is 0 Å². The van der Waals surface area contributed by atoms with Crippen molar-refractivity contribution >= 4 is 33.6 Å². The lowest BCUT2D eigenvalue weighted by Gasteiger charge is -2.20. The molecule has 0 aliphatic carbocycles. The van der Waals surface area contributed by atoms with E-state index in [0.29, 0.717) is 0 Å². The summed E-state index contributed by atoms with van der Waals surface area (Å²) in [7, 11) is -3.00. The van der Waals surface area contributed by atoms with Crippen LogP contribution in [0.1, 0.15) is 40.2 Å². The van der Waals surface area contributed by atoms with Gasteiger partial charge >= 0.3 is 1.43 Å². The molecule has 1 aliphatic heterocycles. The van der Waals surface area contributed by atoms with Crippen molar-refractivity contribution in [1.29, 1.82) is 0 Å². The van der Waals surface area contributed by atoms with Crippen LogP contribution in [0.5, 0.6) is 0 Å². The van der Waals surface area contributed by atoms with Crippen molar-refractivity contribution in [2.45, 2.75) is 33.1 Å². The molecule has 0 atom stereocenters. The van der Waals surface area contributed by atoms with Gasteiger partial charge in [0.25, 0.3) is 0 Å². The minimum Gasteiger partial charge on any atom is -0.759 e. The lowest BCUT2D eigenvalue weighted by molar-refractivity contribution is -0.401. The Balaban J connectivity index is 0.000000721. The van der Waals surface area contributed by atoms with Gasteiger partial charge in [-0.15, -0.1) is 0 Å². The number of hydrogen-bond donors (Lipinski definition) is 0. The Morgan fingerprint density at radius 3 is 2.03 bits per heavy atom. The number of fused-ring (bicyclic) bond motifs is 1. The van der Waals surface area contributed by atoms with E-state index in [1.807, 2.05) is 0 Å². The van der Waals surface area contributed by atoms with Crippen LogP contribution < -0.4 is 4.90 Å². The van der Waals surface area contributed by atoms with E-state index < -0.39 is 10.4 Å². The molecule has 2 aromatic rings. The van der Waals surface area contributed by atoms with Crippen LogP contribution in [-0.2, 0) is 15.8 Å². The maximum Gasteiger partial charge on any atom is 1.00 e. The summed E-state index contributed by atoms with van der Waals surface area (Å²) in [4.78, 5) is 2.37. The largest absolute Gasteiger partial charge is 1.00 e. The lowest BCUT2D eigenvalue weighted by Crippen LogP contribution is -2.26. The Kier molecular flexibility index (Phi) is 7.58. The second kappa shape index (κ2) is 9.55. The molecule has 162 valence electrons. The highest BCUT2D eigenvalue weighted by atomic mass is 32.3. The predicted octanol–water partition coefficient (Wildman–Crippen LogP) is 4.03. The Morgan fingerprint density at radius 2 is 1.53 bits per heavy atom. The topological polar surface area (TPSA) is 86.5 Å². The number of anilines is 1. The number of hydrogen-bond acceptors (Lipinski definition) is 5. The highest BCUT2D eigenvalue weighted by Crippen LogP contribution is 2.39. The molecule has 0 N–H and O–H groups in total. The zero-order valence-electron chi connectivity index (χ0n) is 19.1. The highest BCUT2D eigenvalue weighted by Gasteiger charge is 2.42. The van der Waals surface area contributed by atoms with Gasteiger partial charge in [0.1, 0.15) is 7.05 Å². The van der Waals surface area contributed by atoms with Crippen LogP contribution in [0.2, 0.25) is 0 Å². The highest BCUT2D eigenvalue weighted by molar-refractivity contribution is 7.79. The second-order valence-electron chi connectivity index (χ2n) is 7.59. The quantitative estimate of drug-likeness (QED) is 0.406. The van der Waals surface area contributed by atoms with Crippen molar-refractivity contribution in [1.82, 2.24) is 0 Å². The zero-order valence-corrected chi connectivity index (χ0v) is 18.9. The summed E-state index contributed by atoms with van der Waals surface area (Å²) in [5.41, 5.74) is 6.60. The zero-order chi connectivity index (χ0) is 22.5. The van der Waals surface area contributed by atoms with Crippen LogP contribution in [0.4, 0.5) is 11.4 Å². The molecule has 0 saturated carbocycles. The van der Waals surface area contributed by atoms with Gasteiger partial charge in [-0.2, -0.15) is 4.58 Å². The van der Waals surface area contributed by atoms with E-state index in [1.165, 1.54) is 28.2 Å². The Bertz CT molecular complexity index is 1030. The first-order chi connectivity index (χ1) is 14.0. The van der Waals surface area contributed by atoms with Crippen LogP contribution in [0.3, 0.4) is 0 Å². The van der Waals surface area contributed by atoms with Crippen molar-refractivity contribution in [3.63, 3.8) is 0 Å². The van der Waals surface area contributed by atoms with Gasteiger partial charge in [-0.25, -0.2) is 0 Å². The van der Waals surface area contributed by atoms with Gasteiger partial charge in [-0.3, -0.25) is 8.42 Å². The molecule has 6 nitrogen and oxygen atoms in total. The second-order valence-corrected chi connectivity index (χ2v) is 8.41. The van der Waals surface area contributed by atoms with E-state index >= 15 is 0 Å². The molecule has 0 spiro atoms. The molecule has 0 bridgehead atoms. The first-order valence-corrected chi connectivity index (χ1v) is 11.2. The molecular weight excluding hydrogens is 400 g/mol. The average Bonchev–Trinajstić information content (AvgIpc) is 2.87. The third kappa shape index (κ3) is 5.78. The molecular formula is C23H30N2O4S. The molecule has 0 amide bonds. The van der Waals surface area contributed by atoms with Gasteiger partial charge in [-0.05, 0) is 51.5 Å². The SMILES string of the molecule is CCN(CC)c1ccc(/C=C/C2=[N+](C)c3ccccc3C2(C)C)cc1.O=S(=O)([O-])[O-].[H+]. The Hall–Kier alpha value is -2.48. The summed E-state index contributed by atoms with van der Waals surface area (Å²) < 4.78 is 36.4. The fraction of sp³-hybridized carbons (Fsp3) is 0.348. The van der Waals surface area contributed by atoms with Gasteiger partial charge < -0.3 is 14.0 Å². The standard InChI is InChI=1S/C23H29N2.H2O4S/c1-6-25(7-2)19-15-12-18(13-16-19)14-17-22-23(3,4)20-10-8-9-11-21(20)24(22)5;1-5(2,3)4/h8-17H,6-7H2,1-5H3;(H2,1,2,3,4)/q+1;/p-1. The van der Waals surface area contributed by atoms with E-state index in [0.717, 1.165) is 13.1 Å². The van der Waals surface area contributed by atoms with Crippen LogP contribution in [-0.4, -0.2) is 47.9 Å². The van der Waals surface area contributed by atoms with E-state index in [9.17, 15) is 0 Å². The normalized spacial score (nSPS) is 15.0. The maximum atomic E-state index is 8.52. The molecule has 3 rings (SSSR count). The third-order valence-electron chi connectivity index (χ3n) is 5.40. The molecule has 0 saturated heterocycles. The summed E-state index contributed by atoms with van der Waals surface area (Å²) in [6, 6.07) is 17.5. The molecule has 1 heterocycles. The Morgan fingerprint density at radius 1 is 1.00 bits per heavy atom. The molecule has 2 aromatic carbocycles. The molecule has 0 unspecified atom stereocenters. The summed E-state index contributed by atoms with van der Waals surface area (Å²) >= 11 is 0. The average molecular weight is 431 g/mol. The van der Waals surface area contributed by atoms with Gasteiger partial charge in [0, 0.05) is 46.9 Å². The minimum absolute atomic E-state index is 0. The van der Waals surface area contributed by atoms with Gasteiger partial charge in [0.15, 0.2) is 5.71 Å². The van der Waals surface area contributed by atoms with E-state index in [1.54, 1.807) is 0 Å². The fourth-order valence-electron chi connectivity index (χ4n) is 3.86. The molecule has 0 fully saturated rings. The van der Waals surface area contributed by atoms with Crippen LogP contribution in [0.25, 0.3) is 6.08 Å². The Labute approximate surface area is 181 Å². The van der Waals surface area contributed by atoms with Crippen LogP contribution in [0.15, 0.2) is 54.6 Å². The van der Waals surface area contributed by atoms with Gasteiger partial charge in [0.2, 0.25) is 5.69 Å². The van der Waals surface area contributed by atoms with E-state index in [2.05, 4.69) is 105 Å². The minimum atomic E-state index is -5.17. The van der Waals surface area contributed by atoms with Crippen molar-refractivity contribution in [2.24, 2.45) is 0 Å². The first kappa shape index (κ1) is 23.8. The predicted molar refractivity (Wildman–Crippen MR) is 121 cm³/mol. The fourth-order valence-corrected chi connectivity index (χ4v) is 3.86. The van der Waals surface area contributed by atoms with Crippen molar-refractivity contribution < 1.29 is 23.5 Å². The molecule has 1 aliphatic rings. The van der Waals surface area contributed by atoms with Crippen LogP contribution in [0, 0.1) is 0 Å². The van der Waals surface area contributed by atoms with Crippen molar-refractivity contribution in [2.75, 3.05) is 25.0 Å². The maximum absolute atomic E-state index is 8.52.